The molecular weight excluding hydrogens is 461 g/mol. The number of alkyl halides is 3. The van der Waals surface area contributed by atoms with E-state index in [0.29, 0.717) is 22.8 Å². The second-order valence-corrected chi connectivity index (χ2v) is 9.67. The van der Waals surface area contributed by atoms with E-state index in [-0.39, 0.29) is 6.04 Å². The second kappa shape index (κ2) is 10.3. The van der Waals surface area contributed by atoms with E-state index in [1.54, 1.807) is 0 Å². The third-order valence-corrected chi connectivity index (χ3v) is 6.67. The molecule has 0 atom stereocenters. The fourth-order valence-corrected chi connectivity index (χ4v) is 4.95. The molecule has 1 aromatic carbocycles. The van der Waals surface area contributed by atoms with E-state index in [4.69, 9.17) is 22.2 Å². The van der Waals surface area contributed by atoms with E-state index in [0.717, 1.165) is 56.5 Å². The third kappa shape index (κ3) is 6.08. The maximum atomic E-state index is 12.7. The predicted octanol–water partition coefficient (Wildman–Crippen LogP) is 5.15. The van der Waals surface area contributed by atoms with Crippen molar-refractivity contribution in [1.82, 2.24) is 15.3 Å². The first-order valence-corrected chi connectivity index (χ1v) is 12.2. The fraction of sp³-hybridized carbons (Fsp3) is 0.542. The summed E-state index contributed by atoms with van der Waals surface area (Å²) in [7, 11) is 4.05. The number of benzene rings is 1. The molecule has 0 aliphatic heterocycles. The summed E-state index contributed by atoms with van der Waals surface area (Å²) in [6, 6.07) is 5.38. The molecule has 0 unspecified atom stereocenters. The number of aryl methyl sites for hydroxylation is 1. The van der Waals surface area contributed by atoms with Gasteiger partial charge in [0, 0.05) is 37.4 Å². The zero-order valence-corrected chi connectivity index (χ0v) is 20.3. The highest BCUT2D eigenvalue weighted by Crippen LogP contribution is 2.31. The van der Waals surface area contributed by atoms with Crippen molar-refractivity contribution in [2.45, 2.75) is 69.6 Å². The van der Waals surface area contributed by atoms with Gasteiger partial charge >= 0.3 is 6.18 Å². The largest absolute Gasteiger partial charge is 0.416 e. The fourth-order valence-electron chi connectivity index (χ4n) is 4.67. The molecule has 0 bridgehead atoms. The normalized spacial score (nSPS) is 20.3. The van der Waals surface area contributed by atoms with Crippen LogP contribution in [0.15, 0.2) is 24.3 Å². The van der Waals surface area contributed by atoms with Crippen LogP contribution >= 0.6 is 12.2 Å². The Morgan fingerprint density at radius 3 is 2.26 bits per heavy atom. The lowest BCUT2D eigenvalue weighted by Crippen LogP contribution is -2.42. The van der Waals surface area contributed by atoms with Crippen LogP contribution in [0.5, 0.6) is 0 Å². The molecule has 10 heteroatoms. The van der Waals surface area contributed by atoms with Crippen LogP contribution in [0.2, 0.25) is 0 Å². The molecule has 0 spiro atoms. The van der Waals surface area contributed by atoms with Gasteiger partial charge < -0.3 is 20.9 Å². The molecule has 1 aromatic heterocycles. The lowest BCUT2D eigenvalue weighted by Gasteiger charge is -2.31. The zero-order chi connectivity index (χ0) is 24.3. The van der Waals surface area contributed by atoms with Gasteiger partial charge in [-0.25, -0.2) is 4.98 Å². The van der Waals surface area contributed by atoms with Crippen molar-refractivity contribution in [3.8, 4) is 0 Å². The van der Waals surface area contributed by atoms with Gasteiger partial charge in [-0.3, -0.25) is 0 Å². The Kier molecular flexibility index (Phi) is 7.45. The molecule has 184 valence electrons. The van der Waals surface area contributed by atoms with Crippen LogP contribution in [0.1, 0.15) is 55.3 Å². The van der Waals surface area contributed by atoms with Crippen molar-refractivity contribution in [1.29, 1.82) is 0 Å². The van der Waals surface area contributed by atoms with Gasteiger partial charge in [0.25, 0.3) is 0 Å². The number of hydrogen-bond acceptors (Lipinski definition) is 5. The monoisotopic (exact) mass is 492 g/mol. The number of halogens is 3. The van der Waals surface area contributed by atoms with Crippen molar-refractivity contribution in [2.24, 2.45) is 0 Å². The molecule has 6 nitrogen and oxygen atoms in total. The Morgan fingerprint density at radius 1 is 0.971 bits per heavy atom. The van der Waals surface area contributed by atoms with E-state index in [1.165, 1.54) is 36.2 Å². The molecule has 34 heavy (non-hydrogen) atoms. The lowest BCUT2D eigenvalue weighted by atomic mass is 9.91. The number of thiocarbonyl (C=S) groups is 1. The quantitative estimate of drug-likeness (QED) is 0.499. The Bertz CT molecular complexity index is 1000. The summed E-state index contributed by atoms with van der Waals surface area (Å²) < 4.78 is 38.1. The summed E-state index contributed by atoms with van der Waals surface area (Å²) in [5.74, 6) is 1.72. The topological polar surface area (TPSA) is 65.1 Å². The summed E-state index contributed by atoms with van der Waals surface area (Å²) in [6.07, 6.45) is 3.84. The third-order valence-electron chi connectivity index (χ3n) is 6.45. The molecular formula is C24H31F3N6S. The maximum absolute atomic E-state index is 12.7. The van der Waals surface area contributed by atoms with Crippen molar-refractivity contribution in [3.63, 3.8) is 0 Å². The van der Waals surface area contributed by atoms with Crippen LogP contribution in [0.4, 0.5) is 30.6 Å². The van der Waals surface area contributed by atoms with Crippen LogP contribution in [0.3, 0.4) is 0 Å². The van der Waals surface area contributed by atoms with E-state index < -0.39 is 11.7 Å². The van der Waals surface area contributed by atoms with Crippen LogP contribution in [-0.4, -0.2) is 41.3 Å². The SMILES string of the molecule is CN(C)c1nc(NC2CCC(NC(=S)Nc3ccc(C(F)(F)F)cc3)CC2)nc2c1CCCC2. The minimum absolute atomic E-state index is 0.217. The standard InChI is InChI=1S/C24H31F3N6S/c1-33(2)21-19-5-3-4-6-20(19)31-22(32-21)28-16-11-13-18(14-12-16)30-23(34)29-17-9-7-15(8-10-17)24(25,26)27/h7-10,16,18H,3-6,11-14H2,1-2H3,(H,28,31,32)(H2,29,30,34). The van der Waals surface area contributed by atoms with Crippen LogP contribution < -0.4 is 20.9 Å². The second-order valence-electron chi connectivity index (χ2n) is 9.26. The summed E-state index contributed by atoms with van der Waals surface area (Å²) in [5.41, 5.74) is 2.30. The minimum Gasteiger partial charge on any atom is -0.362 e. The molecule has 1 fully saturated rings. The number of nitrogens with zero attached hydrogens (tertiary/aromatic N) is 3. The molecule has 1 saturated carbocycles. The molecule has 2 aromatic rings. The molecule has 2 aliphatic carbocycles. The number of rotatable bonds is 5. The highest BCUT2D eigenvalue weighted by Gasteiger charge is 2.30. The first-order valence-electron chi connectivity index (χ1n) is 11.8. The summed E-state index contributed by atoms with van der Waals surface area (Å²) >= 11 is 5.37. The molecule has 4 rings (SSSR count). The molecule has 0 radical (unpaired) electrons. The number of aromatic nitrogens is 2. The highest BCUT2D eigenvalue weighted by molar-refractivity contribution is 7.80. The summed E-state index contributed by atoms with van der Waals surface area (Å²) in [4.78, 5) is 11.7. The summed E-state index contributed by atoms with van der Waals surface area (Å²) in [6.45, 7) is 0. The Balaban J connectivity index is 1.27. The molecule has 3 N–H and O–H groups in total. The first kappa shape index (κ1) is 24.5. The first-order chi connectivity index (χ1) is 16.2. The van der Waals surface area contributed by atoms with Gasteiger partial charge in [-0.2, -0.15) is 18.2 Å². The van der Waals surface area contributed by atoms with Gasteiger partial charge in [0.05, 0.1) is 11.3 Å². The van der Waals surface area contributed by atoms with E-state index >= 15 is 0 Å². The summed E-state index contributed by atoms with van der Waals surface area (Å²) in [5, 5.41) is 10.2. The van der Waals surface area contributed by atoms with Gasteiger partial charge in [-0.1, -0.05) is 0 Å². The van der Waals surface area contributed by atoms with Crippen LogP contribution in [0, 0.1) is 0 Å². The van der Waals surface area contributed by atoms with Gasteiger partial charge in [-0.15, -0.1) is 0 Å². The minimum atomic E-state index is -4.35. The van der Waals surface area contributed by atoms with Gasteiger partial charge in [0.15, 0.2) is 5.11 Å². The van der Waals surface area contributed by atoms with E-state index in [9.17, 15) is 13.2 Å². The average Bonchev–Trinajstić information content (AvgIpc) is 2.79. The predicted molar refractivity (Wildman–Crippen MR) is 133 cm³/mol. The van der Waals surface area contributed by atoms with E-state index in [1.807, 2.05) is 14.1 Å². The number of nitrogens with one attached hydrogen (secondary N) is 3. The van der Waals surface area contributed by atoms with Gasteiger partial charge in [-0.05, 0) is 87.8 Å². The van der Waals surface area contributed by atoms with Crippen molar-refractivity contribution in [3.05, 3.63) is 41.1 Å². The average molecular weight is 493 g/mol. The molecule has 2 aliphatic rings. The lowest BCUT2D eigenvalue weighted by molar-refractivity contribution is -0.137. The number of hydrogen-bond donors (Lipinski definition) is 3. The van der Waals surface area contributed by atoms with Crippen molar-refractivity contribution < 1.29 is 13.2 Å². The number of fused-ring (bicyclic) bond motifs is 1. The Labute approximate surface area is 203 Å². The number of anilines is 3. The molecule has 0 amide bonds. The highest BCUT2D eigenvalue weighted by atomic mass is 32.1. The maximum Gasteiger partial charge on any atom is 0.416 e. The van der Waals surface area contributed by atoms with Crippen molar-refractivity contribution >= 4 is 34.8 Å². The zero-order valence-electron chi connectivity index (χ0n) is 19.5. The van der Waals surface area contributed by atoms with Gasteiger partial charge in [0.1, 0.15) is 5.82 Å². The van der Waals surface area contributed by atoms with Crippen molar-refractivity contribution in [2.75, 3.05) is 29.6 Å². The molecule has 1 heterocycles. The smallest absolute Gasteiger partial charge is 0.362 e. The Morgan fingerprint density at radius 2 is 1.62 bits per heavy atom. The van der Waals surface area contributed by atoms with Crippen LogP contribution in [-0.2, 0) is 19.0 Å². The van der Waals surface area contributed by atoms with Crippen LogP contribution in [0.25, 0.3) is 0 Å². The van der Waals surface area contributed by atoms with Gasteiger partial charge in [0.2, 0.25) is 5.95 Å². The Hall–Kier alpha value is -2.62. The van der Waals surface area contributed by atoms with E-state index in [2.05, 4.69) is 20.9 Å². The molecule has 0 saturated heterocycles.